The summed E-state index contributed by atoms with van der Waals surface area (Å²) in [6.45, 7) is 2.82. The van der Waals surface area contributed by atoms with Gasteiger partial charge in [-0.3, -0.25) is 9.59 Å². The molecular formula is C20H20FNO4. The van der Waals surface area contributed by atoms with Gasteiger partial charge in [0, 0.05) is 18.7 Å². The minimum Gasteiger partial charge on any atom is -0.481 e. The van der Waals surface area contributed by atoms with E-state index in [0.29, 0.717) is 37.1 Å². The van der Waals surface area contributed by atoms with E-state index in [1.165, 1.54) is 18.4 Å². The highest BCUT2D eigenvalue weighted by molar-refractivity contribution is 5.97. The van der Waals surface area contributed by atoms with E-state index in [4.69, 9.17) is 9.52 Å². The van der Waals surface area contributed by atoms with E-state index in [9.17, 15) is 14.0 Å². The van der Waals surface area contributed by atoms with E-state index in [2.05, 4.69) is 0 Å². The van der Waals surface area contributed by atoms with Gasteiger partial charge in [-0.2, -0.15) is 0 Å². The lowest BCUT2D eigenvalue weighted by Crippen LogP contribution is -2.37. The van der Waals surface area contributed by atoms with Gasteiger partial charge in [-0.15, -0.1) is 0 Å². The van der Waals surface area contributed by atoms with Crippen LogP contribution in [0, 0.1) is 12.7 Å². The van der Waals surface area contributed by atoms with Crippen molar-refractivity contribution in [2.24, 2.45) is 0 Å². The van der Waals surface area contributed by atoms with Crippen molar-refractivity contribution in [2.75, 3.05) is 13.1 Å². The maximum Gasteiger partial charge on any atom is 0.311 e. The molecule has 1 aromatic heterocycles. The number of carbonyl (C=O) groups is 2. The Balaban J connectivity index is 1.69. The van der Waals surface area contributed by atoms with Gasteiger partial charge in [0.1, 0.15) is 18.0 Å². The Kier molecular flexibility index (Phi) is 5.21. The summed E-state index contributed by atoms with van der Waals surface area (Å²) in [5.74, 6) is -1.31. The minimum absolute atomic E-state index is 0.195. The third-order valence-electron chi connectivity index (χ3n) is 4.49. The fourth-order valence-electron chi connectivity index (χ4n) is 3.18. The largest absolute Gasteiger partial charge is 0.481 e. The van der Waals surface area contributed by atoms with Crippen LogP contribution >= 0.6 is 0 Å². The van der Waals surface area contributed by atoms with E-state index in [1.807, 2.05) is 12.1 Å². The Morgan fingerprint density at radius 1 is 1.31 bits per heavy atom. The lowest BCUT2D eigenvalue weighted by Gasteiger charge is -2.28. The molecule has 0 aliphatic carbocycles. The molecule has 1 fully saturated rings. The highest BCUT2D eigenvalue weighted by atomic mass is 19.1. The van der Waals surface area contributed by atoms with Crippen LogP contribution in [0.5, 0.6) is 0 Å². The molecule has 2 heterocycles. The van der Waals surface area contributed by atoms with Crippen molar-refractivity contribution in [3.63, 3.8) is 0 Å². The molecule has 1 amide bonds. The maximum atomic E-state index is 13.3. The zero-order valence-electron chi connectivity index (χ0n) is 14.5. The van der Waals surface area contributed by atoms with E-state index in [0.717, 1.165) is 11.1 Å². The summed E-state index contributed by atoms with van der Waals surface area (Å²) < 4.78 is 18.5. The third kappa shape index (κ3) is 4.02. The summed E-state index contributed by atoms with van der Waals surface area (Å²) in [5.41, 5.74) is 2.97. The second-order valence-corrected chi connectivity index (χ2v) is 6.44. The van der Waals surface area contributed by atoms with Gasteiger partial charge < -0.3 is 14.4 Å². The number of halogens is 1. The van der Waals surface area contributed by atoms with Crippen LogP contribution in [-0.4, -0.2) is 35.0 Å². The number of likely N-dealkylation sites (tertiary alicyclic amines) is 1. The number of carboxylic acid groups (broad SMARTS) is 1. The zero-order chi connectivity index (χ0) is 18.7. The number of carbonyl (C=O) groups excluding carboxylic acids is 1. The molecule has 6 heteroatoms. The first-order valence-electron chi connectivity index (χ1n) is 8.47. The molecule has 1 saturated heterocycles. The number of furan rings is 1. The fourth-order valence-corrected chi connectivity index (χ4v) is 3.18. The van der Waals surface area contributed by atoms with Crippen LogP contribution < -0.4 is 0 Å². The second kappa shape index (κ2) is 7.56. The lowest BCUT2D eigenvalue weighted by molar-refractivity contribution is -0.136. The summed E-state index contributed by atoms with van der Waals surface area (Å²) in [6.07, 6.45) is 4.48. The Hall–Kier alpha value is -2.89. The van der Waals surface area contributed by atoms with Gasteiger partial charge in [0.25, 0.3) is 5.91 Å². The Morgan fingerprint density at radius 3 is 2.69 bits per heavy atom. The zero-order valence-corrected chi connectivity index (χ0v) is 14.5. The van der Waals surface area contributed by atoms with Crippen molar-refractivity contribution in [3.05, 3.63) is 64.4 Å². The van der Waals surface area contributed by atoms with Crippen LogP contribution in [0.2, 0.25) is 0 Å². The number of hydrogen-bond acceptors (Lipinski definition) is 3. The number of aliphatic carboxylic acids is 1. The summed E-state index contributed by atoms with van der Waals surface area (Å²) >= 11 is 0. The molecule has 0 radical (unpaired) electrons. The Labute approximate surface area is 150 Å². The molecule has 0 unspecified atom stereocenters. The van der Waals surface area contributed by atoms with E-state index >= 15 is 0 Å². The number of amides is 1. The van der Waals surface area contributed by atoms with Crippen LogP contribution in [-0.2, 0) is 11.2 Å². The molecule has 5 nitrogen and oxygen atoms in total. The number of rotatable bonds is 4. The number of aryl methyl sites for hydroxylation is 1. The first-order valence-corrected chi connectivity index (χ1v) is 8.47. The third-order valence-corrected chi connectivity index (χ3v) is 4.49. The van der Waals surface area contributed by atoms with Gasteiger partial charge in [0.05, 0.1) is 11.8 Å². The summed E-state index contributed by atoms with van der Waals surface area (Å²) in [5, 5.41) is 8.97. The lowest BCUT2D eigenvalue weighted by atomic mass is 9.99. The van der Waals surface area contributed by atoms with Gasteiger partial charge in [0.2, 0.25) is 0 Å². The summed E-state index contributed by atoms with van der Waals surface area (Å²) in [7, 11) is 0. The topological polar surface area (TPSA) is 70.7 Å². The smallest absolute Gasteiger partial charge is 0.311 e. The molecule has 0 atom stereocenters. The van der Waals surface area contributed by atoms with E-state index in [1.54, 1.807) is 17.9 Å². The normalized spacial score (nSPS) is 14.4. The predicted molar refractivity (Wildman–Crippen MR) is 94.3 cm³/mol. The average Bonchev–Trinajstić information content (AvgIpc) is 2.94. The second-order valence-electron chi connectivity index (χ2n) is 6.44. The van der Waals surface area contributed by atoms with Crippen molar-refractivity contribution < 1.29 is 23.5 Å². The van der Waals surface area contributed by atoms with Crippen LogP contribution in [0.15, 0.2) is 40.5 Å². The minimum atomic E-state index is -1.03. The van der Waals surface area contributed by atoms with Crippen molar-refractivity contribution in [2.45, 2.75) is 26.2 Å². The van der Waals surface area contributed by atoms with Crippen LogP contribution in [0.3, 0.4) is 0 Å². The molecular weight excluding hydrogens is 337 g/mol. The van der Waals surface area contributed by atoms with Crippen molar-refractivity contribution in [1.82, 2.24) is 4.90 Å². The van der Waals surface area contributed by atoms with Gasteiger partial charge >= 0.3 is 5.97 Å². The Morgan fingerprint density at radius 2 is 2.04 bits per heavy atom. The number of carboxylic acids is 1. The molecule has 3 rings (SSSR count). The molecule has 0 bridgehead atoms. The molecule has 2 aromatic rings. The average molecular weight is 357 g/mol. The fraction of sp³-hybridized carbons (Fsp3) is 0.300. The standard InChI is InChI=1S/C20H20FNO4/c1-13-12-26-17(11-18(23)24)19(13)20(25)22-7-5-14(6-8-22)9-15-3-2-4-16(21)10-15/h2-4,9-10,12H,5-8,11H2,1H3,(H,23,24). The van der Waals surface area contributed by atoms with Gasteiger partial charge in [-0.1, -0.05) is 23.8 Å². The number of hydrogen-bond donors (Lipinski definition) is 1. The molecule has 1 N–H and O–H groups in total. The highest BCUT2D eigenvalue weighted by Gasteiger charge is 2.26. The molecule has 0 spiro atoms. The highest BCUT2D eigenvalue weighted by Crippen LogP contribution is 2.24. The van der Waals surface area contributed by atoms with Crippen LogP contribution in [0.25, 0.3) is 6.08 Å². The molecule has 0 saturated carbocycles. The van der Waals surface area contributed by atoms with Crippen LogP contribution in [0.1, 0.15) is 40.1 Å². The van der Waals surface area contributed by atoms with Gasteiger partial charge in [0.15, 0.2) is 0 Å². The molecule has 1 aliphatic heterocycles. The molecule has 26 heavy (non-hydrogen) atoms. The number of nitrogens with zero attached hydrogens (tertiary/aromatic N) is 1. The number of piperidine rings is 1. The van der Waals surface area contributed by atoms with Crippen molar-refractivity contribution >= 4 is 18.0 Å². The van der Waals surface area contributed by atoms with Crippen molar-refractivity contribution in [1.29, 1.82) is 0 Å². The van der Waals surface area contributed by atoms with E-state index < -0.39 is 5.97 Å². The monoisotopic (exact) mass is 357 g/mol. The van der Waals surface area contributed by atoms with Gasteiger partial charge in [-0.25, -0.2) is 4.39 Å². The van der Waals surface area contributed by atoms with Crippen LogP contribution in [0.4, 0.5) is 4.39 Å². The Bertz CT molecular complexity index is 858. The first-order chi connectivity index (χ1) is 12.4. The number of benzene rings is 1. The van der Waals surface area contributed by atoms with Crippen molar-refractivity contribution in [3.8, 4) is 0 Å². The predicted octanol–water partition coefficient (Wildman–Crippen LogP) is 3.67. The van der Waals surface area contributed by atoms with E-state index in [-0.39, 0.29) is 23.9 Å². The summed E-state index contributed by atoms with van der Waals surface area (Å²) in [6, 6.07) is 6.41. The molecule has 136 valence electrons. The SMILES string of the molecule is Cc1coc(CC(=O)O)c1C(=O)N1CCC(=Cc2cccc(F)c2)CC1. The quantitative estimate of drug-likeness (QED) is 0.906. The molecule has 1 aromatic carbocycles. The summed E-state index contributed by atoms with van der Waals surface area (Å²) in [4.78, 5) is 25.5. The van der Waals surface area contributed by atoms with Gasteiger partial charge in [-0.05, 0) is 37.5 Å². The first kappa shape index (κ1) is 17.9. The molecule has 1 aliphatic rings. The maximum absolute atomic E-state index is 13.3.